The van der Waals surface area contributed by atoms with Gasteiger partial charge in [0.25, 0.3) is 12.0 Å². The van der Waals surface area contributed by atoms with E-state index in [-0.39, 0.29) is 28.1 Å². The van der Waals surface area contributed by atoms with Gasteiger partial charge in [-0.15, -0.1) is 0 Å². The van der Waals surface area contributed by atoms with E-state index in [4.69, 9.17) is 0 Å². The molecule has 1 atom stereocenters. The lowest BCUT2D eigenvalue weighted by Crippen LogP contribution is -2.29. The molecule has 8 heteroatoms. The van der Waals surface area contributed by atoms with Crippen LogP contribution in [-0.2, 0) is 6.42 Å². The number of alkyl halides is 2. The van der Waals surface area contributed by atoms with Crippen molar-refractivity contribution in [2.24, 2.45) is 5.41 Å². The Bertz CT molecular complexity index is 1170. The summed E-state index contributed by atoms with van der Waals surface area (Å²) in [6, 6.07) is 4.28. The highest BCUT2D eigenvalue weighted by Gasteiger charge is 2.37. The first-order valence-corrected chi connectivity index (χ1v) is 8.88. The van der Waals surface area contributed by atoms with E-state index in [0.29, 0.717) is 23.4 Å². The predicted molar refractivity (Wildman–Crippen MR) is 99.1 cm³/mol. The Morgan fingerprint density at radius 3 is 2.71 bits per heavy atom. The first-order valence-electron chi connectivity index (χ1n) is 8.88. The van der Waals surface area contributed by atoms with Gasteiger partial charge in [0.1, 0.15) is 16.9 Å². The maximum absolute atomic E-state index is 13.5. The number of aromatic carboxylic acids is 1. The molecule has 0 bridgehead atoms. The van der Waals surface area contributed by atoms with E-state index in [1.54, 1.807) is 16.7 Å². The molecule has 0 radical (unpaired) electrons. The molecule has 6 nitrogen and oxygen atoms in total. The molecule has 0 fully saturated rings. The number of hydrogen-bond donors (Lipinski definition) is 2. The van der Waals surface area contributed by atoms with Gasteiger partial charge in [0.05, 0.1) is 17.0 Å². The Morgan fingerprint density at radius 1 is 1.39 bits per heavy atom. The van der Waals surface area contributed by atoms with E-state index in [0.717, 1.165) is 5.69 Å². The second-order valence-electron chi connectivity index (χ2n) is 8.14. The average Bonchev–Trinajstić information content (AvgIpc) is 2.98. The van der Waals surface area contributed by atoms with Gasteiger partial charge >= 0.3 is 5.97 Å². The Kier molecular flexibility index (Phi) is 3.92. The van der Waals surface area contributed by atoms with Crippen LogP contribution in [-0.4, -0.2) is 25.4 Å². The molecule has 1 unspecified atom stereocenters. The van der Waals surface area contributed by atoms with E-state index >= 15 is 0 Å². The molecule has 0 spiro atoms. The Balaban J connectivity index is 2.08. The number of hydrogen-bond acceptors (Lipinski definition) is 3. The number of halogens is 2. The highest BCUT2D eigenvalue weighted by Crippen LogP contribution is 2.46. The minimum absolute atomic E-state index is 0.125. The van der Waals surface area contributed by atoms with Crippen molar-refractivity contribution >= 4 is 11.6 Å². The lowest BCUT2D eigenvalue weighted by atomic mass is 9.70. The Labute approximate surface area is 158 Å². The van der Waals surface area contributed by atoms with Gasteiger partial charge in [-0.25, -0.2) is 18.6 Å². The van der Waals surface area contributed by atoms with Gasteiger partial charge in [-0.05, 0) is 41.5 Å². The van der Waals surface area contributed by atoms with E-state index in [1.165, 1.54) is 12.1 Å². The summed E-state index contributed by atoms with van der Waals surface area (Å²) in [5.41, 5.74) is 0.832. The molecule has 0 amide bonds. The lowest BCUT2D eigenvalue weighted by Gasteiger charge is -2.35. The van der Waals surface area contributed by atoms with Crippen LogP contribution in [0.2, 0.25) is 0 Å². The zero-order chi connectivity index (χ0) is 20.4. The number of nitrogens with one attached hydrogen (secondary N) is 1. The summed E-state index contributed by atoms with van der Waals surface area (Å²) < 4.78 is 28.5. The number of carboxylic acid groups (broad SMARTS) is 1. The number of pyridine rings is 2. The lowest BCUT2D eigenvalue weighted by molar-refractivity contribution is 0.0694. The van der Waals surface area contributed by atoms with E-state index in [9.17, 15) is 23.5 Å². The van der Waals surface area contributed by atoms with Crippen LogP contribution in [0.25, 0.3) is 17.0 Å². The Morgan fingerprint density at radius 2 is 2.11 bits per heavy atom. The van der Waals surface area contributed by atoms with Crippen LogP contribution in [0.4, 0.5) is 8.78 Å². The van der Waals surface area contributed by atoms with Crippen LogP contribution in [0.1, 0.15) is 60.3 Å². The van der Waals surface area contributed by atoms with Crippen molar-refractivity contribution in [3.8, 4) is 11.4 Å². The highest BCUT2D eigenvalue weighted by molar-refractivity contribution is 5.88. The minimum atomic E-state index is -2.68. The number of fused-ring (bicyclic) bond motifs is 5. The van der Waals surface area contributed by atoms with E-state index < -0.39 is 18.0 Å². The summed E-state index contributed by atoms with van der Waals surface area (Å²) in [5, 5.41) is 9.34. The molecule has 0 aromatic carbocycles. The van der Waals surface area contributed by atoms with Gasteiger partial charge in [-0.1, -0.05) is 20.8 Å². The molecule has 1 aliphatic rings. The average molecular weight is 387 g/mol. The standard InChI is InChI=1S/C20H19F2N3O3/c1-20(2,3)12-8-13-15(14-10(12)7-11(19(27)28)18(26)24-14)23-17-9(16(21)22)5-4-6-25(13)17/h4-7,12,16H,8H2,1-3H3,(H,24,26)(H,27,28). The highest BCUT2D eigenvalue weighted by atomic mass is 19.3. The minimum Gasteiger partial charge on any atom is -0.477 e. The fraction of sp³-hybridized carbons (Fsp3) is 0.350. The van der Waals surface area contributed by atoms with Gasteiger partial charge in [-0.2, -0.15) is 0 Å². The van der Waals surface area contributed by atoms with Crippen LogP contribution < -0.4 is 5.56 Å². The Hall–Kier alpha value is -3.03. The molecule has 3 aromatic rings. The van der Waals surface area contributed by atoms with Crippen molar-refractivity contribution in [1.82, 2.24) is 14.4 Å². The van der Waals surface area contributed by atoms with Gasteiger partial charge in [0.2, 0.25) is 0 Å². The van der Waals surface area contributed by atoms with Gasteiger partial charge < -0.3 is 14.5 Å². The van der Waals surface area contributed by atoms with Gasteiger partial charge in [0.15, 0.2) is 0 Å². The third kappa shape index (κ3) is 2.63. The van der Waals surface area contributed by atoms with Crippen molar-refractivity contribution in [2.75, 3.05) is 0 Å². The number of nitrogens with zero attached hydrogens (tertiary/aromatic N) is 2. The number of imidazole rings is 1. The number of H-pyrrole nitrogens is 1. The van der Waals surface area contributed by atoms with Gasteiger partial charge in [-0.3, -0.25) is 4.79 Å². The maximum atomic E-state index is 13.5. The normalized spacial score (nSPS) is 16.3. The molecule has 0 saturated carbocycles. The summed E-state index contributed by atoms with van der Waals surface area (Å²) >= 11 is 0. The predicted octanol–water partition coefficient (Wildman–Crippen LogP) is 4.01. The molecule has 0 aliphatic heterocycles. The van der Waals surface area contributed by atoms with Crippen molar-refractivity contribution < 1.29 is 18.7 Å². The molecular weight excluding hydrogens is 368 g/mol. The first kappa shape index (κ1) is 18.3. The number of aromatic amines is 1. The SMILES string of the molecule is CC(C)(C)C1Cc2c(nc3c(C(F)F)cccn23)-c2[nH]c(=O)c(C(=O)O)cc21. The number of rotatable bonds is 2. The van der Waals surface area contributed by atoms with Crippen molar-refractivity contribution in [1.29, 1.82) is 0 Å². The molecule has 3 aromatic heterocycles. The summed E-state index contributed by atoms with van der Waals surface area (Å²) in [6.07, 6.45) is -0.509. The zero-order valence-corrected chi connectivity index (χ0v) is 15.6. The summed E-state index contributed by atoms with van der Waals surface area (Å²) in [5.74, 6) is -1.43. The fourth-order valence-corrected chi connectivity index (χ4v) is 3.96. The second-order valence-corrected chi connectivity index (χ2v) is 8.14. The number of carbonyl (C=O) groups is 1. The largest absolute Gasteiger partial charge is 0.477 e. The van der Waals surface area contributed by atoms with Crippen LogP contribution in [0, 0.1) is 5.41 Å². The maximum Gasteiger partial charge on any atom is 0.341 e. The fourth-order valence-electron chi connectivity index (χ4n) is 3.96. The summed E-state index contributed by atoms with van der Waals surface area (Å²) in [7, 11) is 0. The van der Waals surface area contributed by atoms with Gasteiger partial charge in [0, 0.05) is 6.20 Å². The molecular formula is C20H19F2N3O3. The van der Waals surface area contributed by atoms with Crippen molar-refractivity contribution in [3.63, 3.8) is 0 Å². The smallest absolute Gasteiger partial charge is 0.341 e. The molecule has 2 N–H and O–H groups in total. The summed E-state index contributed by atoms with van der Waals surface area (Å²) in [6.45, 7) is 6.06. The second kappa shape index (κ2) is 5.98. The monoisotopic (exact) mass is 387 g/mol. The molecule has 3 heterocycles. The van der Waals surface area contributed by atoms with Crippen LogP contribution in [0.5, 0.6) is 0 Å². The number of aromatic nitrogens is 3. The zero-order valence-electron chi connectivity index (χ0n) is 15.6. The van der Waals surface area contributed by atoms with Crippen LogP contribution >= 0.6 is 0 Å². The first-order chi connectivity index (χ1) is 13.1. The molecule has 4 rings (SSSR count). The molecule has 1 aliphatic carbocycles. The number of carboxylic acids is 1. The van der Waals surface area contributed by atoms with Crippen LogP contribution in [0.3, 0.4) is 0 Å². The summed E-state index contributed by atoms with van der Waals surface area (Å²) in [4.78, 5) is 30.8. The quantitative estimate of drug-likeness (QED) is 0.695. The van der Waals surface area contributed by atoms with Crippen molar-refractivity contribution in [2.45, 2.75) is 39.5 Å². The third-order valence-electron chi connectivity index (χ3n) is 5.37. The van der Waals surface area contributed by atoms with Crippen LogP contribution in [0.15, 0.2) is 29.2 Å². The molecule has 28 heavy (non-hydrogen) atoms. The molecule has 0 saturated heterocycles. The van der Waals surface area contributed by atoms with E-state index in [1.807, 2.05) is 20.8 Å². The van der Waals surface area contributed by atoms with Crippen molar-refractivity contribution in [3.05, 3.63) is 57.1 Å². The topological polar surface area (TPSA) is 87.5 Å². The molecule has 146 valence electrons. The van der Waals surface area contributed by atoms with E-state index in [2.05, 4.69) is 9.97 Å². The third-order valence-corrected chi connectivity index (χ3v) is 5.37.